The molecule has 2 aromatic rings. The molecule has 0 saturated heterocycles. The van der Waals surface area contributed by atoms with Crippen LogP contribution >= 0.6 is 0 Å². The monoisotopic (exact) mass is 364 g/mol. The van der Waals surface area contributed by atoms with Gasteiger partial charge in [-0.2, -0.15) is 31.3 Å². The highest BCUT2D eigenvalue weighted by Crippen LogP contribution is 2.36. The average molecular weight is 364 g/mol. The number of halogens is 6. The molecule has 0 aliphatic carbocycles. The SMILES string of the molecule is CC(C)Nc1nc(Nc2ccccc2C(F)(F)F)cc(C(F)(F)F)n1. The van der Waals surface area contributed by atoms with E-state index in [1.165, 1.54) is 12.1 Å². The van der Waals surface area contributed by atoms with Crippen molar-refractivity contribution in [1.29, 1.82) is 0 Å². The molecule has 0 fully saturated rings. The summed E-state index contributed by atoms with van der Waals surface area (Å²) in [5.74, 6) is -0.737. The van der Waals surface area contributed by atoms with E-state index in [0.29, 0.717) is 6.07 Å². The largest absolute Gasteiger partial charge is 0.433 e. The van der Waals surface area contributed by atoms with Crippen LogP contribution in [0.5, 0.6) is 0 Å². The second-order valence-electron chi connectivity index (χ2n) is 5.43. The minimum atomic E-state index is -4.77. The van der Waals surface area contributed by atoms with Gasteiger partial charge in [0.2, 0.25) is 5.95 Å². The maximum atomic E-state index is 13.0. The summed E-state index contributed by atoms with van der Waals surface area (Å²) in [6, 6.07) is 4.73. The van der Waals surface area contributed by atoms with Gasteiger partial charge >= 0.3 is 12.4 Å². The van der Waals surface area contributed by atoms with Crippen LogP contribution in [0.1, 0.15) is 25.1 Å². The van der Waals surface area contributed by atoms with Gasteiger partial charge in [0.05, 0.1) is 11.3 Å². The Morgan fingerprint density at radius 2 is 1.56 bits per heavy atom. The van der Waals surface area contributed by atoms with E-state index in [1.807, 2.05) is 0 Å². The molecule has 136 valence electrons. The van der Waals surface area contributed by atoms with Crippen LogP contribution in [0.25, 0.3) is 0 Å². The number of benzene rings is 1. The van der Waals surface area contributed by atoms with Crippen LogP contribution in [-0.2, 0) is 12.4 Å². The van der Waals surface area contributed by atoms with Gasteiger partial charge in [-0.15, -0.1) is 0 Å². The van der Waals surface area contributed by atoms with Gasteiger partial charge in [0.25, 0.3) is 0 Å². The fourth-order valence-electron chi connectivity index (χ4n) is 1.96. The summed E-state index contributed by atoms with van der Waals surface area (Å²) in [5, 5.41) is 4.90. The van der Waals surface area contributed by atoms with Crippen LogP contribution in [0.4, 0.5) is 43.8 Å². The third kappa shape index (κ3) is 4.97. The van der Waals surface area contributed by atoms with Gasteiger partial charge < -0.3 is 10.6 Å². The van der Waals surface area contributed by atoms with E-state index in [4.69, 9.17) is 0 Å². The molecule has 0 aliphatic heterocycles. The van der Waals surface area contributed by atoms with Crippen molar-refractivity contribution in [2.24, 2.45) is 0 Å². The lowest BCUT2D eigenvalue weighted by atomic mass is 10.1. The molecular weight excluding hydrogens is 350 g/mol. The molecule has 0 atom stereocenters. The number of hydrogen-bond acceptors (Lipinski definition) is 4. The Morgan fingerprint density at radius 1 is 0.920 bits per heavy atom. The maximum Gasteiger partial charge on any atom is 0.433 e. The molecule has 10 heteroatoms. The van der Waals surface area contributed by atoms with Gasteiger partial charge in [0, 0.05) is 12.1 Å². The molecule has 0 unspecified atom stereocenters. The fraction of sp³-hybridized carbons (Fsp3) is 0.333. The highest BCUT2D eigenvalue weighted by molar-refractivity contribution is 5.62. The third-order valence-corrected chi connectivity index (χ3v) is 2.93. The number of anilines is 3. The van der Waals surface area contributed by atoms with Crippen molar-refractivity contribution in [1.82, 2.24) is 9.97 Å². The van der Waals surface area contributed by atoms with Gasteiger partial charge in [-0.25, -0.2) is 4.98 Å². The van der Waals surface area contributed by atoms with Gasteiger partial charge in [-0.05, 0) is 26.0 Å². The molecule has 0 amide bonds. The summed E-state index contributed by atoms with van der Waals surface area (Å²) in [6.07, 6.45) is -9.43. The van der Waals surface area contributed by atoms with Gasteiger partial charge in [0.15, 0.2) is 5.69 Å². The van der Waals surface area contributed by atoms with Crippen molar-refractivity contribution >= 4 is 17.5 Å². The Bertz CT molecular complexity index is 740. The maximum absolute atomic E-state index is 13.0. The number of alkyl halides is 6. The highest BCUT2D eigenvalue weighted by Gasteiger charge is 2.35. The standard InChI is InChI=1S/C15H14F6N4/c1-8(2)22-13-24-11(15(19,20)21)7-12(25-13)23-10-6-4-3-5-9(10)14(16,17)18/h3-8H,1-2H3,(H2,22,23,24,25). The first-order valence-corrected chi connectivity index (χ1v) is 7.13. The fourth-order valence-corrected chi connectivity index (χ4v) is 1.96. The van der Waals surface area contributed by atoms with Crippen molar-refractivity contribution in [2.45, 2.75) is 32.2 Å². The molecular formula is C15H14F6N4. The van der Waals surface area contributed by atoms with E-state index in [-0.39, 0.29) is 12.0 Å². The van der Waals surface area contributed by atoms with Crippen molar-refractivity contribution in [3.8, 4) is 0 Å². The van der Waals surface area contributed by atoms with E-state index in [1.54, 1.807) is 13.8 Å². The number of aromatic nitrogens is 2. The van der Waals surface area contributed by atoms with E-state index < -0.39 is 35.1 Å². The molecule has 0 aliphatic rings. The Labute approximate surface area is 139 Å². The lowest BCUT2D eigenvalue weighted by Crippen LogP contribution is -2.17. The average Bonchev–Trinajstić information content (AvgIpc) is 2.44. The van der Waals surface area contributed by atoms with E-state index >= 15 is 0 Å². The zero-order valence-electron chi connectivity index (χ0n) is 13.1. The molecule has 1 aromatic carbocycles. The highest BCUT2D eigenvalue weighted by atomic mass is 19.4. The number of rotatable bonds is 4. The normalized spacial score (nSPS) is 12.4. The quantitative estimate of drug-likeness (QED) is 0.743. The molecule has 0 bridgehead atoms. The first-order valence-electron chi connectivity index (χ1n) is 7.13. The molecule has 4 nitrogen and oxygen atoms in total. The van der Waals surface area contributed by atoms with Crippen molar-refractivity contribution in [2.75, 3.05) is 10.6 Å². The van der Waals surface area contributed by atoms with Crippen LogP contribution in [0, 0.1) is 0 Å². The minimum Gasteiger partial charge on any atom is -0.352 e. The Morgan fingerprint density at radius 3 is 2.12 bits per heavy atom. The summed E-state index contributed by atoms with van der Waals surface area (Å²) in [7, 11) is 0. The second-order valence-corrected chi connectivity index (χ2v) is 5.43. The summed E-state index contributed by atoms with van der Waals surface area (Å²) in [4.78, 5) is 7.15. The second kappa shape index (κ2) is 6.77. The van der Waals surface area contributed by atoms with Gasteiger partial charge in [-0.3, -0.25) is 0 Å². The third-order valence-electron chi connectivity index (χ3n) is 2.93. The zero-order chi connectivity index (χ0) is 18.8. The van der Waals surface area contributed by atoms with Crippen molar-refractivity contribution in [3.05, 3.63) is 41.6 Å². The molecule has 2 N–H and O–H groups in total. The minimum absolute atomic E-state index is 0.265. The first-order chi connectivity index (χ1) is 11.5. The van der Waals surface area contributed by atoms with Crippen LogP contribution < -0.4 is 10.6 Å². The predicted molar refractivity (Wildman–Crippen MR) is 80.5 cm³/mol. The molecule has 0 radical (unpaired) electrons. The summed E-state index contributed by atoms with van der Waals surface area (Å²) >= 11 is 0. The smallest absolute Gasteiger partial charge is 0.352 e. The first kappa shape index (κ1) is 18.8. The molecule has 1 aromatic heterocycles. The van der Waals surface area contributed by atoms with Crippen molar-refractivity contribution < 1.29 is 26.3 Å². The molecule has 1 heterocycles. The van der Waals surface area contributed by atoms with E-state index in [2.05, 4.69) is 20.6 Å². The Hall–Kier alpha value is -2.52. The summed E-state index contributed by atoms with van der Waals surface area (Å²) in [5.41, 5.74) is -2.68. The van der Waals surface area contributed by atoms with Crippen LogP contribution in [0.3, 0.4) is 0 Å². The number of para-hydroxylation sites is 1. The Balaban J connectivity index is 2.46. The number of nitrogens with one attached hydrogen (secondary N) is 2. The van der Waals surface area contributed by atoms with Gasteiger partial charge in [0.1, 0.15) is 5.82 Å². The molecule has 0 saturated carbocycles. The molecule has 0 spiro atoms. The van der Waals surface area contributed by atoms with E-state index in [9.17, 15) is 26.3 Å². The predicted octanol–water partition coefficient (Wildman–Crippen LogP) is 5.08. The van der Waals surface area contributed by atoms with Crippen molar-refractivity contribution in [3.63, 3.8) is 0 Å². The topological polar surface area (TPSA) is 49.8 Å². The van der Waals surface area contributed by atoms with Crippen LogP contribution in [0.15, 0.2) is 30.3 Å². The number of nitrogens with zero attached hydrogens (tertiary/aromatic N) is 2. The van der Waals surface area contributed by atoms with Gasteiger partial charge in [-0.1, -0.05) is 12.1 Å². The lowest BCUT2D eigenvalue weighted by Gasteiger charge is -2.16. The van der Waals surface area contributed by atoms with Crippen LogP contribution in [0.2, 0.25) is 0 Å². The molecule has 25 heavy (non-hydrogen) atoms. The number of hydrogen-bond donors (Lipinski definition) is 2. The summed E-state index contributed by atoms with van der Waals surface area (Å²) in [6.45, 7) is 3.32. The lowest BCUT2D eigenvalue weighted by molar-refractivity contribution is -0.141. The Kier molecular flexibility index (Phi) is 5.09. The molecule has 2 rings (SSSR count). The zero-order valence-corrected chi connectivity index (χ0v) is 13.1. The summed E-state index contributed by atoms with van der Waals surface area (Å²) < 4.78 is 77.9. The van der Waals surface area contributed by atoms with E-state index in [0.717, 1.165) is 12.1 Å². The van der Waals surface area contributed by atoms with Crippen LogP contribution in [-0.4, -0.2) is 16.0 Å².